The Kier molecular flexibility index (Phi) is 7.13. The van der Waals surface area contributed by atoms with Crippen LogP contribution in [0, 0.1) is 11.3 Å². The molecule has 1 aliphatic rings. The molecular weight excluding hydrogens is 392 g/mol. The Morgan fingerprint density at radius 2 is 1.55 bits per heavy atom. The molecule has 2 unspecified atom stereocenters. The molecule has 2 aromatic rings. The van der Waals surface area contributed by atoms with Gasteiger partial charge in [-0.25, -0.2) is 0 Å². The van der Waals surface area contributed by atoms with Gasteiger partial charge in [-0.1, -0.05) is 114 Å². The van der Waals surface area contributed by atoms with E-state index in [0.29, 0.717) is 5.92 Å². The predicted molar refractivity (Wildman–Crippen MR) is 138 cm³/mol. The third-order valence-corrected chi connectivity index (χ3v) is 12.7. The lowest BCUT2D eigenvalue weighted by Gasteiger charge is -2.43. The summed E-state index contributed by atoms with van der Waals surface area (Å²) in [6, 6.07) is 21.9. The van der Waals surface area contributed by atoms with Crippen molar-refractivity contribution >= 4 is 18.7 Å². The van der Waals surface area contributed by atoms with E-state index in [-0.39, 0.29) is 10.5 Å². The molecule has 166 valence electrons. The topological polar surface area (TPSA) is 9.23 Å². The Labute approximate surface area is 191 Å². The van der Waals surface area contributed by atoms with E-state index in [1.54, 1.807) is 0 Å². The van der Waals surface area contributed by atoms with E-state index in [4.69, 9.17) is 4.43 Å². The fourth-order valence-corrected chi connectivity index (χ4v) is 10.2. The van der Waals surface area contributed by atoms with Crippen LogP contribution in [0.3, 0.4) is 0 Å². The summed E-state index contributed by atoms with van der Waals surface area (Å²) in [5.41, 5.74) is 3.18. The van der Waals surface area contributed by atoms with E-state index in [0.717, 1.165) is 13.0 Å². The summed E-state index contributed by atoms with van der Waals surface area (Å²) in [4.78, 5) is 0. The summed E-state index contributed by atoms with van der Waals surface area (Å²) in [7, 11) is -2.45. The maximum atomic E-state index is 7.13. The predicted octanol–water partition coefficient (Wildman–Crippen LogP) is 6.89. The van der Waals surface area contributed by atoms with Gasteiger partial charge in [-0.3, -0.25) is 0 Å². The van der Waals surface area contributed by atoms with Gasteiger partial charge in [-0.05, 0) is 58.5 Å². The number of allylic oxidation sites excluding steroid dienone is 3. The molecule has 2 atom stereocenters. The van der Waals surface area contributed by atoms with Crippen LogP contribution in [0.15, 0.2) is 84.5 Å². The average molecular weight is 433 g/mol. The van der Waals surface area contributed by atoms with Gasteiger partial charge in [-0.15, -0.1) is 0 Å². The first-order valence-electron chi connectivity index (χ1n) is 11.7. The van der Waals surface area contributed by atoms with Crippen molar-refractivity contribution in [3.8, 4) is 0 Å². The zero-order valence-corrected chi connectivity index (χ0v) is 21.4. The van der Waals surface area contributed by atoms with Gasteiger partial charge >= 0.3 is 0 Å². The van der Waals surface area contributed by atoms with Gasteiger partial charge in [0.15, 0.2) is 0 Å². The molecule has 0 saturated heterocycles. The van der Waals surface area contributed by atoms with Crippen molar-refractivity contribution in [3.63, 3.8) is 0 Å². The van der Waals surface area contributed by atoms with Crippen molar-refractivity contribution in [2.45, 2.75) is 65.8 Å². The van der Waals surface area contributed by atoms with Crippen LogP contribution in [-0.4, -0.2) is 14.9 Å². The molecule has 3 rings (SSSR count). The van der Waals surface area contributed by atoms with Crippen molar-refractivity contribution in [1.29, 1.82) is 0 Å². The fraction of sp³-hybridized carbons (Fsp3) is 0.448. The van der Waals surface area contributed by atoms with Crippen LogP contribution < -0.4 is 10.4 Å². The molecule has 0 radical (unpaired) electrons. The normalized spacial score (nSPS) is 20.7. The molecule has 0 spiro atoms. The van der Waals surface area contributed by atoms with Gasteiger partial charge in [0.05, 0.1) is 0 Å². The van der Waals surface area contributed by atoms with Crippen molar-refractivity contribution < 1.29 is 4.43 Å². The smallest absolute Gasteiger partial charge is 0.261 e. The third kappa shape index (κ3) is 4.38. The second-order valence-electron chi connectivity index (χ2n) is 10.5. The molecule has 0 amide bonds. The van der Waals surface area contributed by atoms with Crippen molar-refractivity contribution in [2.75, 3.05) is 6.61 Å². The highest BCUT2D eigenvalue weighted by atomic mass is 28.4. The molecule has 0 aliphatic heterocycles. The third-order valence-electron chi connectivity index (χ3n) is 7.67. The fourth-order valence-electron chi connectivity index (χ4n) is 5.59. The summed E-state index contributed by atoms with van der Waals surface area (Å²) >= 11 is 0. The monoisotopic (exact) mass is 432 g/mol. The van der Waals surface area contributed by atoms with Crippen LogP contribution in [-0.2, 0) is 4.43 Å². The standard InChI is InChI=1S/C29H40OSi/c1-8-27-23(2)19-21-29(27,7)24(3)20-22-30-31(28(4,5)6,25-15-11-9-12-16-25)26-17-13-10-14-18-26/h8-18,24H,1,19-22H2,2-7H3. The van der Waals surface area contributed by atoms with Crippen molar-refractivity contribution in [2.24, 2.45) is 11.3 Å². The molecule has 1 aliphatic carbocycles. The number of hydrogen-bond donors (Lipinski definition) is 0. The number of benzene rings is 2. The zero-order chi connectivity index (χ0) is 22.7. The van der Waals surface area contributed by atoms with Gasteiger partial charge in [0.25, 0.3) is 8.32 Å². The van der Waals surface area contributed by atoms with Crippen LogP contribution in [0.1, 0.15) is 60.8 Å². The molecule has 1 nitrogen and oxygen atoms in total. The first-order chi connectivity index (χ1) is 14.7. The summed E-state index contributed by atoms with van der Waals surface area (Å²) in [5, 5.41) is 2.74. The molecule has 0 fully saturated rings. The lowest BCUT2D eigenvalue weighted by Crippen LogP contribution is -2.66. The van der Waals surface area contributed by atoms with Crippen molar-refractivity contribution in [3.05, 3.63) is 84.5 Å². The molecule has 0 bridgehead atoms. The molecule has 0 aromatic heterocycles. The van der Waals surface area contributed by atoms with Gasteiger partial charge in [0.1, 0.15) is 0 Å². The summed E-state index contributed by atoms with van der Waals surface area (Å²) in [5.74, 6) is 0.552. The maximum Gasteiger partial charge on any atom is 0.261 e. The number of hydrogen-bond acceptors (Lipinski definition) is 1. The molecule has 2 heteroatoms. The second-order valence-corrected chi connectivity index (χ2v) is 14.8. The zero-order valence-electron chi connectivity index (χ0n) is 20.4. The van der Waals surface area contributed by atoms with Crippen molar-refractivity contribution in [1.82, 2.24) is 0 Å². The van der Waals surface area contributed by atoms with Gasteiger partial charge in [0, 0.05) is 6.61 Å². The van der Waals surface area contributed by atoms with Gasteiger partial charge in [-0.2, -0.15) is 0 Å². The van der Waals surface area contributed by atoms with Gasteiger partial charge < -0.3 is 4.43 Å². The van der Waals surface area contributed by atoms with E-state index in [1.807, 2.05) is 0 Å². The minimum Gasteiger partial charge on any atom is -0.407 e. The first-order valence-corrected chi connectivity index (χ1v) is 13.7. The van der Waals surface area contributed by atoms with Gasteiger partial charge in [0.2, 0.25) is 0 Å². The Bertz CT molecular complexity index is 867. The Morgan fingerprint density at radius 1 is 1.03 bits per heavy atom. The highest BCUT2D eigenvalue weighted by Gasteiger charge is 2.50. The van der Waals surface area contributed by atoms with Crippen LogP contribution in [0.4, 0.5) is 0 Å². The highest BCUT2D eigenvalue weighted by Crippen LogP contribution is 2.49. The summed E-state index contributed by atoms with van der Waals surface area (Å²) in [6.07, 6.45) is 5.58. The molecule has 2 aromatic carbocycles. The van der Waals surface area contributed by atoms with E-state index in [2.05, 4.69) is 115 Å². The maximum absolute atomic E-state index is 7.13. The Balaban J connectivity index is 1.91. The minimum absolute atomic E-state index is 0.0268. The SMILES string of the molecule is C=CC1=C(C)CCC1(C)C(C)CCO[Si](c1ccccc1)(c1ccccc1)C(C)(C)C. The first kappa shape index (κ1) is 23.8. The van der Waals surface area contributed by atoms with E-state index < -0.39 is 8.32 Å². The summed E-state index contributed by atoms with van der Waals surface area (Å²) in [6.45, 7) is 19.1. The number of rotatable bonds is 8. The summed E-state index contributed by atoms with van der Waals surface area (Å²) < 4.78 is 7.13. The average Bonchev–Trinajstić information content (AvgIpc) is 3.06. The van der Waals surface area contributed by atoms with Crippen LogP contribution in [0.5, 0.6) is 0 Å². The van der Waals surface area contributed by atoms with Crippen LogP contribution in [0.2, 0.25) is 5.04 Å². The Hall–Kier alpha value is -1.90. The second kappa shape index (κ2) is 9.30. The molecular formula is C29H40OSi. The molecule has 0 heterocycles. The molecule has 0 N–H and O–H groups in total. The molecule has 31 heavy (non-hydrogen) atoms. The van der Waals surface area contributed by atoms with E-state index in [1.165, 1.54) is 34.4 Å². The quantitative estimate of drug-likeness (QED) is 0.413. The van der Waals surface area contributed by atoms with E-state index in [9.17, 15) is 0 Å². The Morgan fingerprint density at radius 3 is 2.00 bits per heavy atom. The lowest BCUT2D eigenvalue weighted by molar-refractivity contribution is 0.193. The minimum atomic E-state index is -2.45. The van der Waals surface area contributed by atoms with Crippen LogP contribution >= 0.6 is 0 Å². The largest absolute Gasteiger partial charge is 0.407 e. The molecule has 0 saturated carbocycles. The van der Waals surface area contributed by atoms with E-state index >= 15 is 0 Å². The lowest BCUT2D eigenvalue weighted by atomic mass is 9.71. The van der Waals surface area contributed by atoms with Crippen LogP contribution in [0.25, 0.3) is 0 Å². The highest BCUT2D eigenvalue weighted by molar-refractivity contribution is 6.99.